The van der Waals surface area contributed by atoms with Crippen molar-refractivity contribution in [1.29, 1.82) is 0 Å². The molecule has 0 saturated heterocycles. The molecule has 0 unspecified atom stereocenters. The summed E-state index contributed by atoms with van der Waals surface area (Å²) < 4.78 is 7.28. The molecule has 0 amide bonds. The van der Waals surface area contributed by atoms with E-state index in [1.165, 1.54) is 12.8 Å². The van der Waals surface area contributed by atoms with E-state index in [1.807, 2.05) is 17.1 Å². The number of rotatable bonds is 3. The maximum atomic E-state index is 5.86. The quantitative estimate of drug-likeness (QED) is 0.874. The second kappa shape index (κ2) is 3.76. The summed E-state index contributed by atoms with van der Waals surface area (Å²) in [6, 6.07) is 2.30. The van der Waals surface area contributed by atoms with Crippen LogP contribution in [0.3, 0.4) is 0 Å². The highest BCUT2D eigenvalue weighted by molar-refractivity contribution is 5.72. The molecule has 3 rings (SSSR count). The van der Waals surface area contributed by atoms with E-state index in [1.54, 1.807) is 19.4 Å². The van der Waals surface area contributed by atoms with Crippen LogP contribution >= 0.6 is 0 Å². The predicted molar refractivity (Wildman–Crippen MR) is 64.7 cm³/mol. The number of hydrogen-bond acceptors (Lipinski definition) is 4. The van der Waals surface area contributed by atoms with Crippen molar-refractivity contribution >= 4 is 5.69 Å². The Morgan fingerprint density at radius 3 is 3.00 bits per heavy atom. The molecule has 2 aromatic heterocycles. The smallest absolute Gasteiger partial charge is 0.168 e. The summed E-state index contributed by atoms with van der Waals surface area (Å²) in [5, 5.41) is 4.34. The van der Waals surface area contributed by atoms with E-state index in [0.29, 0.717) is 17.5 Å². The second-order valence-electron chi connectivity index (χ2n) is 4.22. The number of anilines is 1. The molecular formula is C12H14N4O. The monoisotopic (exact) mass is 230 g/mol. The minimum atomic E-state index is 0.566. The van der Waals surface area contributed by atoms with Crippen LogP contribution in [0, 0.1) is 0 Å². The summed E-state index contributed by atoms with van der Waals surface area (Å²) in [6.07, 6.45) is 7.91. The minimum absolute atomic E-state index is 0.566. The standard InChI is InChI=1S/C12H14N4O/c1-17-12-10(13)4-5-14-11(12)8-6-15-16(7-8)9-2-3-9/h4-7,9H,2-3H2,1H3,(H2,13,14). The van der Waals surface area contributed by atoms with Crippen LogP contribution in [-0.4, -0.2) is 21.9 Å². The third kappa shape index (κ3) is 1.73. The third-order valence-corrected chi connectivity index (χ3v) is 2.94. The van der Waals surface area contributed by atoms with Crippen molar-refractivity contribution < 1.29 is 4.74 Å². The fourth-order valence-electron chi connectivity index (χ4n) is 1.88. The third-order valence-electron chi connectivity index (χ3n) is 2.94. The number of hydrogen-bond donors (Lipinski definition) is 1. The normalized spacial score (nSPS) is 14.9. The molecular weight excluding hydrogens is 216 g/mol. The topological polar surface area (TPSA) is 66.0 Å². The van der Waals surface area contributed by atoms with Crippen molar-refractivity contribution in [1.82, 2.24) is 14.8 Å². The Hall–Kier alpha value is -2.04. The summed E-state index contributed by atoms with van der Waals surface area (Å²) >= 11 is 0. The molecule has 5 heteroatoms. The van der Waals surface area contributed by atoms with E-state index >= 15 is 0 Å². The first-order chi connectivity index (χ1) is 8.29. The summed E-state index contributed by atoms with van der Waals surface area (Å²) in [5.74, 6) is 0.614. The average Bonchev–Trinajstić information content (AvgIpc) is 3.07. The Labute approximate surface area is 99.2 Å². The van der Waals surface area contributed by atoms with Gasteiger partial charge in [0, 0.05) is 18.0 Å². The van der Waals surface area contributed by atoms with Gasteiger partial charge in [-0.15, -0.1) is 0 Å². The molecule has 0 atom stereocenters. The highest BCUT2D eigenvalue weighted by Crippen LogP contribution is 2.37. The van der Waals surface area contributed by atoms with Crippen LogP contribution < -0.4 is 10.5 Å². The van der Waals surface area contributed by atoms with Crippen LogP contribution in [0.25, 0.3) is 11.3 Å². The van der Waals surface area contributed by atoms with Gasteiger partial charge in [-0.3, -0.25) is 9.67 Å². The zero-order valence-electron chi connectivity index (χ0n) is 9.63. The fourth-order valence-corrected chi connectivity index (χ4v) is 1.88. The van der Waals surface area contributed by atoms with Crippen molar-refractivity contribution in [2.75, 3.05) is 12.8 Å². The van der Waals surface area contributed by atoms with Crippen molar-refractivity contribution in [3.8, 4) is 17.0 Å². The van der Waals surface area contributed by atoms with Crippen molar-refractivity contribution in [3.05, 3.63) is 24.7 Å². The van der Waals surface area contributed by atoms with Crippen LogP contribution in [0.2, 0.25) is 0 Å². The van der Waals surface area contributed by atoms with Gasteiger partial charge in [0.25, 0.3) is 0 Å². The number of nitrogens with zero attached hydrogens (tertiary/aromatic N) is 3. The zero-order valence-corrected chi connectivity index (χ0v) is 9.63. The van der Waals surface area contributed by atoms with Gasteiger partial charge in [-0.2, -0.15) is 5.10 Å². The lowest BCUT2D eigenvalue weighted by Crippen LogP contribution is -1.96. The SMILES string of the molecule is COc1c(N)ccnc1-c1cnn(C2CC2)c1. The van der Waals surface area contributed by atoms with Gasteiger partial charge in [0.05, 0.1) is 25.0 Å². The summed E-state index contributed by atoms with van der Waals surface area (Å²) in [5.41, 5.74) is 8.14. The lowest BCUT2D eigenvalue weighted by atomic mass is 10.2. The molecule has 2 N–H and O–H groups in total. The lowest BCUT2D eigenvalue weighted by molar-refractivity contribution is 0.417. The molecule has 5 nitrogen and oxygen atoms in total. The van der Waals surface area contributed by atoms with Gasteiger partial charge in [0.2, 0.25) is 0 Å². The number of ether oxygens (including phenoxy) is 1. The Bertz CT molecular complexity index is 545. The van der Waals surface area contributed by atoms with E-state index in [9.17, 15) is 0 Å². The minimum Gasteiger partial charge on any atom is -0.492 e. The van der Waals surface area contributed by atoms with Crippen LogP contribution in [-0.2, 0) is 0 Å². The zero-order chi connectivity index (χ0) is 11.8. The van der Waals surface area contributed by atoms with Crippen LogP contribution in [0.15, 0.2) is 24.7 Å². The molecule has 0 bridgehead atoms. The molecule has 0 aromatic carbocycles. The summed E-state index contributed by atoms with van der Waals surface area (Å²) in [4.78, 5) is 4.32. The molecule has 1 fully saturated rings. The van der Waals surface area contributed by atoms with Gasteiger partial charge in [-0.05, 0) is 18.9 Å². The van der Waals surface area contributed by atoms with Crippen LogP contribution in [0.5, 0.6) is 5.75 Å². The molecule has 1 aliphatic rings. The van der Waals surface area contributed by atoms with Gasteiger partial charge < -0.3 is 10.5 Å². The maximum absolute atomic E-state index is 5.86. The van der Waals surface area contributed by atoms with E-state index in [2.05, 4.69) is 10.1 Å². The first-order valence-electron chi connectivity index (χ1n) is 5.62. The second-order valence-corrected chi connectivity index (χ2v) is 4.22. The molecule has 2 heterocycles. The maximum Gasteiger partial charge on any atom is 0.168 e. The first kappa shape index (κ1) is 10.1. The van der Waals surface area contributed by atoms with Gasteiger partial charge in [0.15, 0.2) is 5.75 Å². The summed E-state index contributed by atoms with van der Waals surface area (Å²) in [6.45, 7) is 0. The molecule has 0 aliphatic heterocycles. The molecule has 88 valence electrons. The van der Waals surface area contributed by atoms with E-state index in [-0.39, 0.29) is 0 Å². The molecule has 0 radical (unpaired) electrons. The number of nitrogens with two attached hydrogens (primary N) is 1. The Morgan fingerprint density at radius 2 is 2.29 bits per heavy atom. The lowest BCUT2D eigenvalue weighted by Gasteiger charge is -2.07. The van der Waals surface area contributed by atoms with Gasteiger partial charge in [0.1, 0.15) is 5.69 Å². The number of aromatic nitrogens is 3. The highest BCUT2D eigenvalue weighted by atomic mass is 16.5. The van der Waals surface area contributed by atoms with Crippen molar-refractivity contribution in [2.45, 2.75) is 18.9 Å². The Balaban J connectivity index is 2.04. The first-order valence-corrected chi connectivity index (χ1v) is 5.62. The van der Waals surface area contributed by atoms with Gasteiger partial charge in [-0.25, -0.2) is 0 Å². The average molecular weight is 230 g/mol. The van der Waals surface area contributed by atoms with Crippen LogP contribution in [0.4, 0.5) is 5.69 Å². The number of methoxy groups -OCH3 is 1. The largest absolute Gasteiger partial charge is 0.492 e. The van der Waals surface area contributed by atoms with E-state index in [0.717, 1.165) is 11.3 Å². The van der Waals surface area contributed by atoms with Crippen LogP contribution in [0.1, 0.15) is 18.9 Å². The molecule has 1 aliphatic carbocycles. The van der Waals surface area contributed by atoms with E-state index < -0.39 is 0 Å². The molecule has 0 spiro atoms. The Kier molecular flexibility index (Phi) is 2.24. The molecule has 2 aromatic rings. The fraction of sp³-hybridized carbons (Fsp3) is 0.333. The molecule has 17 heavy (non-hydrogen) atoms. The van der Waals surface area contributed by atoms with Gasteiger partial charge >= 0.3 is 0 Å². The number of nitrogen functional groups attached to an aromatic ring is 1. The van der Waals surface area contributed by atoms with Crippen molar-refractivity contribution in [2.24, 2.45) is 0 Å². The van der Waals surface area contributed by atoms with E-state index in [4.69, 9.17) is 10.5 Å². The summed E-state index contributed by atoms with van der Waals surface area (Å²) in [7, 11) is 1.60. The van der Waals surface area contributed by atoms with Crippen molar-refractivity contribution in [3.63, 3.8) is 0 Å². The Morgan fingerprint density at radius 1 is 1.47 bits per heavy atom. The molecule has 1 saturated carbocycles. The number of pyridine rings is 1. The predicted octanol–water partition coefficient (Wildman–Crippen LogP) is 1.87. The highest BCUT2D eigenvalue weighted by Gasteiger charge is 2.25. The van der Waals surface area contributed by atoms with Gasteiger partial charge in [-0.1, -0.05) is 0 Å².